The monoisotopic (exact) mass is 772 g/mol. The topological polar surface area (TPSA) is 63.1 Å². The predicted molar refractivity (Wildman–Crippen MR) is 180 cm³/mol. The normalized spacial score (nSPS) is 14.8. The summed E-state index contributed by atoms with van der Waals surface area (Å²) in [6.07, 6.45) is 5.24. The molecule has 0 saturated carbocycles. The van der Waals surface area contributed by atoms with Crippen molar-refractivity contribution in [3.8, 4) is 11.3 Å². The van der Waals surface area contributed by atoms with Gasteiger partial charge in [-0.2, -0.15) is 0 Å². The standard InChI is InChI=1S/C26H25N2.C13H24O2.Ir/c1-25(2,3)15-16-12-18-10-11-27-23-19-14-17-8-6-7-9-21(17)28-24(19)26(4,5)20(13-16)22(18)23;1-5-10(6-2)12(14)9-13(15)11(7-3)8-4;/h6-13H,15H2,1-5H3;9-11,14H,5-8H2,1-4H3;/q-1;;/b;12-9-;/i15D2;;. The van der Waals surface area contributed by atoms with Crippen LogP contribution in [0.5, 0.6) is 0 Å². The van der Waals surface area contributed by atoms with Gasteiger partial charge in [-0.1, -0.05) is 104 Å². The second-order valence-corrected chi connectivity index (χ2v) is 13.3. The third-order valence-electron chi connectivity index (χ3n) is 8.60. The summed E-state index contributed by atoms with van der Waals surface area (Å²) in [6, 6.07) is 17.6. The summed E-state index contributed by atoms with van der Waals surface area (Å²) in [4.78, 5) is 21.5. The van der Waals surface area contributed by atoms with Crippen molar-refractivity contribution in [1.82, 2.24) is 9.97 Å². The van der Waals surface area contributed by atoms with Crippen LogP contribution in [0, 0.1) is 23.3 Å². The zero-order valence-corrected chi connectivity index (χ0v) is 30.2. The van der Waals surface area contributed by atoms with Gasteiger partial charge in [-0.15, -0.1) is 12.1 Å². The van der Waals surface area contributed by atoms with Crippen LogP contribution in [-0.2, 0) is 36.7 Å². The molecule has 0 atom stereocenters. The Hall–Kier alpha value is -2.88. The Morgan fingerprint density at radius 1 is 1.02 bits per heavy atom. The Morgan fingerprint density at radius 3 is 2.27 bits per heavy atom. The summed E-state index contributed by atoms with van der Waals surface area (Å²) < 4.78 is 17.7. The number of ketones is 1. The van der Waals surface area contributed by atoms with E-state index >= 15 is 0 Å². The number of fused-ring (bicyclic) bond motifs is 3. The number of hydrogen-bond acceptors (Lipinski definition) is 4. The van der Waals surface area contributed by atoms with Gasteiger partial charge in [0.05, 0.1) is 5.76 Å². The van der Waals surface area contributed by atoms with Crippen molar-refractivity contribution in [3.63, 3.8) is 0 Å². The number of benzene rings is 2. The second-order valence-electron chi connectivity index (χ2n) is 13.3. The molecule has 1 radical (unpaired) electrons. The van der Waals surface area contributed by atoms with Crippen molar-refractivity contribution < 1.29 is 32.7 Å². The Labute approximate surface area is 281 Å². The summed E-state index contributed by atoms with van der Waals surface area (Å²) in [5.74, 6) is 0.547. The number of allylic oxidation sites excluding steroid dienone is 2. The van der Waals surface area contributed by atoms with Gasteiger partial charge in [0.1, 0.15) is 0 Å². The minimum atomic E-state index is -1.47. The predicted octanol–water partition coefficient (Wildman–Crippen LogP) is 10.3. The molecule has 44 heavy (non-hydrogen) atoms. The fourth-order valence-electron chi connectivity index (χ4n) is 6.08. The Morgan fingerprint density at radius 2 is 1.66 bits per heavy atom. The van der Waals surface area contributed by atoms with Crippen molar-refractivity contribution in [3.05, 3.63) is 83.4 Å². The maximum atomic E-state index is 11.7. The second kappa shape index (κ2) is 14.5. The number of hydrogen-bond donors (Lipinski definition) is 1. The van der Waals surface area contributed by atoms with Gasteiger partial charge < -0.3 is 10.1 Å². The van der Waals surface area contributed by atoms with Crippen LogP contribution in [0.15, 0.2) is 60.5 Å². The maximum absolute atomic E-state index is 11.7. The van der Waals surface area contributed by atoms with E-state index in [1.54, 1.807) is 0 Å². The van der Waals surface area contributed by atoms with Gasteiger partial charge >= 0.3 is 0 Å². The van der Waals surface area contributed by atoms with Gasteiger partial charge in [-0.05, 0) is 76.6 Å². The van der Waals surface area contributed by atoms with Crippen LogP contribution in [0.1, 0.15) is 108 Å². The van der Waals surface area contributed by atoms with E-state index in [9.17, 15) is 9.90 Å². The summed E-state index contributed by atoms with van der Waals surface area (Å²) in [5, 5.41) is 12.8. The first-order valence-electron chi connectivity index (χ1n) is 16.8. The molecule has 2 aromatic carbocycles. The quantitative estimate of drug-likeness (QED) is 0.110. The first kappa shape index (κ1) is 32.5. The molecule has 4 aromatic rings. The summed E-state index contributed by atoms with van der Waals surface area (Å²) in [6.45, 7) is 18.3. The van der Waals surface area contributed by atoms with E-state index in [1.807, 2.05) is 97.1 Å². The third kappa shape index (κ3) is 7.49. The first-order chi connectivity index (χ1) is 21.1. The van der Waals surface area contributed by atoms with Gasteiger partial charge in [0, 0.05) is 58.1 Å². The van der Waals surface area contributed by atoms with E-state index in [0.717, 1.165) is 69.9 Å². The molecule has 4 nitrogen and oxygen atoms in total. The SMILES string of the molecule is CCC(CC)C(=O)/C=C(\O)C(CC)CC.[2H]C([2H])(c1cc2c3c(nccc3c1)-c1[c-]c3ccccc3nc1C2(C)C)C(C)(C)C.[Ir]. The van der Waals surface area contributed by atoms with Crippen molar-refractivity contribution in [2.75, 3.05) is 0 Å². The van der Waals surface area contributed by atoms with E-state index in [1.165, 1.54) is 6.08 Å². The van der Waals surface area contributed by atoms with Gasteiger partial charge in [-0.3, -0.25) is 9.78 Å². The average molecular weight is 772 g/mol. The maximum Gasteiger partial charge on any atom is 0.162 e. The van der Waals surface area contributed by atoms with E-state index < -0.39 is 17.2 Å². The number of carbonyl (C=O) groups excluding carboxylic acids is 1. The van der Waals surface area contributed by atoms with Crippen LogP contribution in [-0.4, -0.2) is 20.9 Å². The van der Waals surface area contributed by atoms with Gasteiger partial charge in [-0.25, -0.2) is 0 Å². The van der Waals surface area contributed by atoms with Crippen LogP contribution in [0.4, 0.5) is 0 Å². The summed E-state index contributed by atoms with van der Waals surface area (Å²) in [5.41, 5.74) is 4.56. The molecule has 5 rings (SSSR count). The number of nitrogens with zero attached hydrogens (tertiary/aromatic N) is 2. The Balaban J connectivity index is 0.000000309. The Bertz CT molecular complexity index is 1730. The smallest absolute Gasteiger partial charge is 0.162 e. The molecule has 237 valence electrons. The summed E-state index contributed by atoms with van der Waals surface area (Å²) >= 11 is 0. The van der Waals surface area contributed by atoms with E-state index in [-0.39, 0.29) is 43.5 Å². The molecular formula is C39H49IrN2O2-. The molecule has 2 heterocycles. The molecule has 0 fully saturated rings. The minimum Gasteiger partial charge on any atom is -0.512 e. The molecule has 0 unspecified atom stereocenters. The molecule has 1 aliphatic carbocycles. The molecule has 2 aromatic heterocycles. The average Bonchev–Trinajstić information content (AvgIpc) is 3.00. The number of aliphatic hydroxyl groups excluding tert-OH is 1. The molecule has 0 bridgehead atoms. The fourth-order valence-corrected chi connectivity index (χ4v) is 6.08. The van der Waals surface area contributed by atoms with Crippen LogP contribution in [0.3, 0.4) is 0 Å². The van der Waals surface area contributed by atoms with Gasteiger partial charge in [0.2, 0.25) is 0 Å². The number of aliphatic hydroxyl groups is 1. The number of aromatic nitrogens is 2. The van der Waals surface area contributed by atoms with Crippen LogP contribution < -0.4 is 0 Å². The first-order valence-corrected chi connectivity index (χ1v) is 15.8. The van der Waals surface area contributed by atoms with Crippen LogP contribution in [0.25, 0.3) is 32.9 Å². The molecule has 0 amide bonds. The minimum absolute atomic E-state index is 0. The van der Waals surface area contributed by atoms with Crippen molar-refractivity contribution in [1.29, 1.82) is 0 Å². The Kier molecular flexibility index (Phi) is 10.7. The molecule has 0 saturated heterocycles. The number of carbonyl (C=O) groups is 1. The molecule has 0 aliphatic heterocycles. The number of rotatable bonds is 8. The van der Waals surface area contributed by atoms with Gasteiger partial charge in [0.25, 0.3) is 0 Å². The third-order valence-corrected chi connectivity index (χ3v) is 8.60. The zero-order chi connectivity index (χ0) is 33.3. The van der Waals surface area contributed by atoms with E-state index in [2.05, 4.69) is 19.9 Å². The summed E-state index contributed by atoms with van der Waals surface area (Å²) in [7, 11) is 0. The molecule has 5 heteroatoms. The zero-order valence-electron chi connectivity index (χ0n) is 29.8. The van der Waals surface area contributed by atoms with Crippen molar-refractivity contribution in [2.24, 2.45) is 17.3 Å². The molecule has 0 spiro atoms. The fraction of sp³-hybridized carbons (Fsp3) is 0.462. The number of para-hydroxylation sites is 1. The van der Waals surface area contributed by atoms with Crippen molar-refractivity contribution >= 4 is 27.5 Å². The van der Waals surface area contributed by atoms with E-state index in [0.29, 0.717) is 5.56 Å². The largest absolute Gasteiger partial charge is 0.512 e. The van der Waals surface area contributed by atoms with Crippen LogP contribution in [0.2, 0.25) is 0 Å². The van der Waals surface area contributed by atoms with Crippen molar-refractivity contribution in [2.45, 2.75) is 99.8 Å². The van der Waals surface area contributed by atoms with E-state index in [4.69, 9.17) is 12.7 Å². The van der Waals surface area contributed by atoms with Crippen LogP contribution >= 0.6 is 0 Å². The molecular weight excluding hydrogens is 721 g/mol. The van der Waals surface area contributed by atoms with Gasteiger partial charge in [0.15, 0.2) is 5.78 Å². The molecule has 1 aliphatic rings. The number of pyridine rings is 2. The molecule has 1 N–H and O–H groups in total.